The summed E-state index contributed by atoms with van der Waals surface area (Å²) in [5.74, 6) is -6.51. The minimum Gasteiger partial charge on any atom is -0.503 e. The van der Waals surface area contributed by atoms with E-state index in [2.05, 4.69) is 0 Å². The Morgan fingerprint density at radius 3 is 2.39 bits per heavy atom. The Kier molecular flexibility index (Phi) is 3.44. The summed E-state index contributed by atoms with van der Waals surface area (Å²) in [6.07, 6.45) is 0. The van der Waals surface area contributed by atoms with Gasteiger partial charge in [0.25, 0.3) is 0 Å². The molecule has 0 unspecified atom stereocenters. The van der Waals surface area contributed by atoms with Crippen LogP contribution in [0, 0.1) is 17.5 Å². The number of fused-ring (bicyclic) bond motifs is 1. The molecule has 0 spiro atoms. The Hall–Kier alpha value is -3.02. The van der Waals surface area contributed by atoms with Crippen molar-refractivity contribution in [1.82, 2.24) is 0 Å². The zero-order valence-electron chi connectivity index (χ0n) is 11.5. The molecule has 0 amide bonds. The zero-order chi connectivity index (χ0) is 16.7. The van der Waals surface area contributed by atoms with Crippen LogP contribution in [0.3, 0.4) is 0 Å². The molecule has 0 aliphatic rings. The first kappa shape index (κ1) is 14.9. The molecule has 3 rings (SSSR count). The summed E-state index contributed by atoms with van der Waals surface area (Å²) in [6, 6.07) is 9.05. The van der Waals surface area contributed by atoms with Crippen LogP contribution in [0.5, 0.6) is 5.75 Å². The number of carboxylic acid groups (broad SMARTS) is 1. The van der Waals surface area contributed by atoms with Gasteiger partial charge in [0.1, 0.15) is 5.82 Å². The highest BCUT2D eigenvalue weighted by Gasteiger charge is 2.21. The van der Waals surface area contributed by atoms with E-state index < -0.39 is 34.7 Å². The van der Waals surface area contributed by atoms with Gasteiger partial charge in [0, 0.05) is 6.07 Å². The van der Waals surface area contributed by atoms with Crippen LogP contribution in [-0.2, 0) is 0 Å². The van der Waals surface area contributed by atoms with Crippen LogP contribution in [0.4, 0.5) is 13.2 Å². The Labute approximate surface area is 128 Å². The van der Waals surface area contributed by atoms with E-state index in [9.17, 15) is 23.1 Å². The molecule has 0 heterocycles. The molecule has 0 atom stereocenters. The van der Waals surface area contributed by atoms with E-state index in [4.69, 9.17) is 5.11 Å². The third-order valence-corrected chi connectivity index (χ3v) is 3.54. The molecule has 0 fully saturated rings. The van der Waals surface area contributed by atoms with Crippen molar-refractivity contribution < 1.29 is 28.2 Å². The van der Waals surface area contributed by atoms with Crippen LogP contribution in [-0.4, -0.2) is 16.2 Å². The highest BCUT2D eigenvalue weighted by molar-refractivity contribution is 6.01. The number of hydrogen-bond acceptors (Lipinski definition) is 2. The fraction of sp³-hybridized carbons (Fsp3) is 0. The van der Waals surface area contributed by atoms with E-state index in [0.29, 0.717) is 11.5 Å². The van der Waals surface area contributed by atoms with Crippen LogP contribution in [0.1, 0.15) is 10.4 Å². The summed E-state index contributed by atoms with van der Waals surface area (Å²) in [5.41, 5.74) is -0.648. The quantitative estimate of drug-likeness (QED) is 0.739. The smallest absolute Gasteiger partial charge is 0.335 e. The third-order valence-electron chi connectivity index (χ3n) is 3.54. The number of carboxylic acids is 1. The second-order valence-corrected chi connectivity index (χ2v) is 4.92. The first-order chi connectivity index (χ1) is 10.9. The molecular weight excluding hydrogens is 309 g/mol. The summed E-state index contributed by atoms with van der Waals surface area (Å²) in [5, 5.41) is 19.3. The first-order valence-electron chi connectivity index (χ1n) is 6.53. The van der Waals surface area contributed by atoms with Gasteiger partial charge < -0.3 is 10.2 Å². The monoisotopic (exact) mass is 318 g/mol. The molecule has 116 valence electrons. The largest absolute Gasteiger partial charge is 0.503 e. The summed E-state index contributed by atoms with van der Waals surface area (Å²) in [4.78, 5) is 11.1. The molecule has 0 saturated carbocycles. The van der Waals surface area contributed by atoms with E-state index in [1.165, 1.54) is 30.3 Å². The lowest BCUT2D eigenvalue weighted by atomic mass is 9.95. The van der Waals surface area contributed by atoms with E-state index in [1.54, 1.807) is 6.07 Å². The molecule has 0 radical (unpaired) electrons. The van der Waals surface area contributed by atoms with Gasteiger partial charge >= 0.3 is 5.97 Å². The number of carbonyl (C=O) groups is 1. The lowest BCUT2D eigenvalue weighted by Gasteiger charge is -2.11. The second kappa shape index (κ2) is 5.31. The van der Waals surface area contributed by atoms with Crippen molar-refractivity contribution >= 4 is 16.7 Å². The number of rotatable bonds is 2. The molecule has 23 heavy (non-hydrogen) atoms. The highest BCUT2D eigenvalue weighted by Crippen LogP contribution is 2.37. The van der Waals surface area contributed by atoms with Crippen LogP contribution in [0.15, 0.2) is 42.5 Å². The molecule has 3 aromatic rings. The Morgan fingerprint density at radius 1 is 0.957 bits per heavy atom. The molecular formula is C17H9F3O3. The number of hydrogen-bond donors (Lipinski definition) is 2. The van der Waals surface area contributed by atoms with Gasteiger partial charge in [0.2, 0.25) is 0 Å². The van der Waals surface area contributed by atoms with Crippen molar-refractivity contribution in [3.05, 3.63) is 65.5 Å². The minimum atomic E-state index is -1.43. The summed E-state index contributed by atoms with van der Waals surface area (Å²) in [6.45, 7) is 0. The molecule has 2 N–H and O–H groups in total. The lowest BCUT2D eigenvalue weighted by molar-refractivity contribution is 0.0697. The first-order valence-corrected chi connectivity index (χ1v) is 6.53. The van der Waals surface area contributed by atoms with Crippen molar-refractivity contribution in [2.24, 2.45) is 0 Å². The molecule has 0 bridgehead atoms. The van der Waals surface area contributed by atoms with E-state index >= 15 is 0 Å². The van der Waals surface area contributed by atoms with Crippen molar-refractivity contribution in [1.29, 1.82) is 0 Å². The van der Waals surface area contributed by atoms with Gasteiger partial charge in [-0.15, -0.1) is 0 Å². The number of phenols is 1. The van der Waals surface area contributed by atoms with Gasteiger partial charge in [0.15, 0.2) is 17.4 Å². The maximum Gasteiger partial charge on any atom is 0.335 e. The molecule has 0 aromatic heterocycles. The van der Waals surface area contributed by atoms with E-state index in [1.807, 2.05) is 0 Å². The molecule has 0 aliphatic heterocycles. The average Bonchev–Trinajstić information content (AvgIpc) is 2.52. The maximum absolute atomic E-state index is 14.1. The van der Waals surface area contributed by atoms with Crippen molar-refractivity contribution in [3.63, 3.8) is 0 Å². The van der Waals surface area contributed by atoms with Crippen LogP contribution in [0.2, 0.25) is 0 Å². The SMILES string of the molecule is O=C(O)c1ccc2cccc(-c3c(F)cc(F)c(O)c3F)c2c1. The predicted octanol–water partition coefficient (Wildman–Crippen LogP) is 4.33. The fourth-order valence-corrected chi connectivity index (χ4v) is 2.45. The average molecular weight is 318 g/mol. The Morgan fingerprint density at radius 2 is 1.70 bits per heavy atom. The molecule has 3 nitrogen and oxygen atoms in total. The van der Waals surface area contributed by atoms with Gasteiger partial charge in [-0.1, -0.05) is 24.3 Å². The third kappa shape index (κ3) is 2.38. The number of aromatic carboxylic acids is 1. The van der Waals surface area contributed by atoms with Crippen LogP contribution >= 0.6 is 0 Å². The van der Waals surface area contributed by atoms with Gasteiger partial charge in [0.05, 0.1) is 11.1 Å². The summed E-state index contributed by atoms with van der Waals surface area (Å²) >= 11 is 0. The standard InChI is InChI=1S/C17H9F3O3/c18-12-7-13(19)16(21)15(20)14(12)10-3-1-2-8-4-5-9(17(22)23)6-11(8)10/h1-7,21H,(H,22,23). The number of benzene rings is 3. The van der Waals surface area contributed by atoms with Crippen molar-refractivity contribution in [2.75, 3.05) is 0 Å². The number of phenolic OH excluding ortho intramolecular Hbond substituents is 1. The van der Waals surface area contributed by atoms with Crippen LogP contribution in [0.25, 0.3) is 21.9 Å². The number of halogens is 3. The molecule has 6 heteroatoms. The maximum atomic E-state index is 14.1. The van der Waals surface area contributed by atoms with Crippen LogP contribution < -0.4 is 0 Å². The summed E-state index contributed by atoms with van der Waals surface area (Å²) in [7, 11) is 0. The van der Waals surface area contributed by atoms with Gasteiger partial charge in [-0.2, -0.15) is 0 Å². The Bertz CT molecular complexity index is 951. The Balaban J connectivity index is 2.39. The van der Waals surface area contributed by atoms with Gasteiger partial charge in [-0.05, 0) is 28.5 Å². The highest BCUT2D eigenvalue weighted by atomic mass is 19.1. The second-order valence-electron chi connectivity index (χ2n) is 4.92. The minimum absolute atomic E-state index is 0.0240. The lowest BCUT2D eigenvalue weighted by Crippen LogP contribution is -1.98. The van der Waals surface area contributed by atoms with Crippen molar-refractivity contribution in [3.8, 4) is 16.9 Å². The molecule has 3 aromatic carbocycles. The topological polar surface area (TPSA) is 57.5 Å². The van der Waals surface area contributed by atoms with Gasteiger partial charge in [-0.3, -0.25) is 0 Å². The van der Waals surface area contributed by atoms with Crippen molar-refractivity contribution in [2.45, 2.75) is 0 Å². The molecule has 0 saturated heterocycles. The summed E-state index contributed by atoms with van der Waals surface area (Å²) < 4.78 is 41.4. The molecule has 0 aliphatic carbocycles. The van der Waals surface area contributed by atoms with E-state index in [-0.39, 0.29) is 16.5 Å². The predicted molar refractivity (Wildman–Crippen MR) is 77.9 cm³/mol. The normalized spacial score (nSPS) is 10.9. The zero-order valence-corrected chi connectivity index (χ0v) is 11.5. The van der Waals surface area contributed by atoms with Gasteiger partial charge in [-0.25, -0.2) is 18.0 Å². The fourth-order valence-electron chi connectivity index (χ4n) is 2.45. The number of aromatic hydroxyl groups is 1. The van der Waals surface area contributed by atoms with E-state index in [0.717, 1.165) is 0 Å².